The van der Waals surface area contributed by atoms with E-state index in [0.29, 0.717) is 12.9 Å². The predicted octanol–water partition coefficient (Wildman–Crippen LogP) is 1.30. The van der Waals surface area contributed by atoms with E-state index in [4.69, 9.17) is 11.6 Å². The summed E-state index contributed by atoms with van der Waals surface area (Å²) >= 11 is 5.21. The molecule has 0 unspecified atom stereocenters. The van der Waals surface area contributed by atoms with Crippen LogP contribution in [-0.4, -0.2) is 12.9 Å². The minimum absolute atomic E-state index is 0.0897. The van der Waals surface area contributed by atoms with Gasteiger partial charge in [-0.25, -0.2) is 0 Å². The van der Waals surface area contributed by atoms with E-state index in [1.165, 1.54) is 6.26 Å². The average molecular weight is 135 g/mol. The van der Waals surface area contributed by atoms with Crippen LogP contribution in [0.2, 0.25) is 0 Å². The second-order valence-corrected chi connectivity index (χ2v) is 1.51. The molecule has 0 aliphatic rings. The third kappa shape index (κ3) is 3.68. The number of carbonyl (C=O) groups excluding carboxylic acids is 1. The number of aldehydes is 1. The van der Waals surface area contributed by atoms with Crippen LogP contribution in [-0.2, 0) is 9.53 Å². The highest BCUT2D eigenvalue weighted by molar-refractivity contribution is 6.38. The lowest BCUT2D eigenvalue weighted by molar-refractivity contribution is -0.104. The molecule has 0 atom stereocenters. The van der Waals surface area contributed by atoms with Gasteiger partial charge in [-0.1, -0.05) is 11.6 Å². The van der Waals surface area contributed by atoms with Gasteiger partial charge < -0.3 is 4.74 Å². The molecule has 0 aromatic heterocycles. The molecule has 0 bridgehead atoms. The first-order chi connectivity index (χ1) is 3.81. The molecule has 0 amide bonds. The van der Waals surface area contributed by atoms with Crippen molar-refractivity contribution in [2.24, 2.45) is 0 Å². The maximum Gasteiger partial charge on any atom is 0.164 e. The minimum atomic E-state index is 0.0897. The zero-order valence-corrected chi connectivity index (χ0v) is 5.31. The predicted molar refractivity (Wildman–Crippen MR) is 31.6 cm³/mol. The molecule has 0 spiro atoms. The summed E-state index contributed by atoms with van der Waals surface area (Å²) in [6.07, 6.45) is 1.74. The Morgan fingerprint density at radius 1 is 1.88 bits per heavy atom. The first kappa shape index (κ1) is 7.50. The van der Waals surface area contributed by atoms with Crippen molar-refractivity contribution in [2.45, 2.75) is 6.92 Å². The smallest absolute Gasteiger partial charge is 0.164 e. The number of hydrogen-bond donors (Lipinski definition) is 0. The van der Waals surface area contributed by atoms with Crippen LogP contribution >= 0.6 is 11.6 Å². The molecule has 3 heteroatoms. The monoisotopic (exact) mass is 134 g/mol. The quantitative estimate of drug-likeness (QED) is 0.331. The van der Waals surface area contributed by atoms with E-state index in [-0.39, 0.29) is 5.03 Å². The van der Waals surface area contributed by atoms with Crippen molar-refractivity contribution in [3.63, 3.8) is 0 Å². The average Bonchev–Trinajstić information content (AvgIpc) is 1.83. The number of hydrogen-bond acceptors (Lipinski definition) is 2. The summed E-state index contributed by atoms with van der Waals surface area (Å²) in [4.78, 5) is 9.73. The zero-order valence-electron chi connectivity index (χ0n) is 4.56. The van der Waals surface area contributed by atoms with Gasteiger partial charge in [0.15, 0.2) is 6.29 Å². The second kappa shape index (κ2) is 4.65. The molecule has 2 nitrogen and oxygen atoms in total. The van der Waals surface area contributed by atoms with Crippen molar-refractivity contribution in [2.75, 3.05) is 6.61 Å². The van der Waals surface area contributed by atoms with Crippen LogP contribution in [0, 0.1) is 0 Å². The summed E-state index contributed by atoms with van der Waals surface area (Å²) in [5.74, 6) is 0. The Hall–Kier alpha value is -0.500. The van der Waals surface area contributed by atoms with Gasteiger partial charge in [0.2, 0.25) is 0 Å². The molecule has 0 aliphatic carbocycles. The Labute approximate surface area is 53.1 Å². The number of ether oxygens (including phenoxy) is 1. The largest absolute Gasteiger partial charge is 0.500 e. The Morgan fingerprint density at radius 3 is 2.88 bits per heavy atom. The van der Waals surface area contributed by atoms with Crippen molar-refractivity contribution in [3.05, 3.63) is 11.3 Å². The number of halogens is 1. The molecule has 0 saturated carbocycles. The summed E-state index contributed by atoms with van der Waals surface area (Å²) in [5, 5.41) is 0.0897. The first-order valence-corrected chi connectivity index (χ1v) is 2.61. The van der Waals surface area contributed by atoms with Crippen molar-refractivity contribution in [1.29, 1.82) is 0 Å². The van der Waals surface area contributed by atoms with Crippen LogP contribution in [0.5, 0.6) is 0 Å². The van der Waals surface area contributed by atoms with Crippen LogP contribution < -0.4 is 0 Å². The Balaban J connectivity index is 3.40. The summed E-state index contributed by atoms with van der Waals surface area (Å²) in [6.45, 7) is 2.34. The van der Waals surface area contributed by atoms with E-state index >= 15 is 0 Å². The Bertz CT molecular complexity index is 98.6. The molecular formula is C5H7ClO2. The molecule has 0 fully saturated rings. The lowest BCUT2D eigenvalue weighted by atomic mass is 10.7. The van der Waals surface area contributed by atoms with E-state index in [1.54, 1.807) is 0 Å². The fourth-order valence-electron chi connectivity index (χ4n) is 0.191. The SMILES string of the molecule is CCOC=C(Cl)C=O. The highest BCUT2D eigenvalue weighted by atomic mass is 35.5. The van der Waals surface area contributed by atoms with E-state index < -0.39 is 0 Å². The van der Waals surface area contributed by atoms with Gasteiger partial charge in [-0.2, -0.15) is 0 Å². The summed E-state index contributed by atoms with van der Waals surface area (Å²) in [6, 6.07) is 0. The third-order valence-electron chi connectivity index (χ3n) is 0.475. The van der Waals surface area contributed by atoms with Crippen LogP contribution in [0.25, 0.3) is 0 Å². The van der Waals surface area contributed by atoms with Gasteiger partial charge in [0.1, 0.15) is 11.3 Å². The molecule has 0 aromatic rings. The van der Waals surface area contributed by atoms with Gasteiger partial charge in [0, 0.05) is 0 Å². The molecule has 0 heterocycles. The lowest BCUT2D eigenvalue weighted by Crippen LogP contribution is -1.79. The molecule has 0 aromatic carbocycles. The minimum Gasteiger partial charge on any atom is -0.500 e. The molecule has 0 N–H and O–H groups in total. The Kier molecular flexibility index (Phi) is 4.36. The van der Waals surface area contributed by atoms with Crippen LogP contribution in [0.15, 0.2) is 11.3 Å². The first-order valence-electron chi connectivity index (χ1n) is 2.23. The van der Waals surface area contributed by atoms with Gasteiger partial charge in [0.05, 0.1) is 6.61 Å². The summed E-state index contributed by atoms with van der Waals surface area (Å²) < 4.78 is 4.66. The number of allylic oxidation sites excluding steroid dienone is 1. The fraction of sp³-hybridized carbons (Fsp3) is 0.400. The Morgan fingerprint density at radius 2 is 2.50 bits per heavy atom. The van der Waals surface area contributed by atoms with Crippen molar-refractivity contribution >= 4 is 17.9 Å². The molecule has 0 rings (SSSR count). The zero-order chi connectivity index (χ0) is 6.41. The highest BCUT2D eigenvalue weighted by Crippen LogP contribution is 1.94. The van der Waals surface area contributed by atoms with E-state index in [9.17, 15) is 4.79 Å². The molecular weight excluding hydrogens is 128 g/mol. The van der Waals surface area contributed by atoms with Gasteiger partial charge >= 0.3 is 0 Å². The van der Waals surface area contributed by atoms with E-state index in [2.05, 4.69) is 4.74 Å². The fourth-order valence-corrected chi connectivity index (χ4v) is 0.254. The lowest BCUT2D eigenvalue weighted by Gasteiger charge is -1.89. The van der Waals surface area contributed by atoms with E-state index in [1.807, 2.05) is 6.92 Å². The van der Waals surface area contributed by atoms with E-state index in [0.717, 1.165) is 0 Å². The molecule has 0 aliphatic heterocycles. The molecule has 46 valence electrons. The standard InChI is InChI=1S/C5H7ClO2/c1-2-8-4-5(6)3-7/h3-4H,2H2,1H3. The van der Waals surface area contributed by atoms with Crippen LogP contribution in [0.4, 0.5) is 0 Å². The van der Waals surface area contributed by atoms with Gasteiger partial charge in [0.25, 0.3) is 0 Å². The summed E-state index contributed by atoms with van der Waals surface area (Å²) in [7, 11) is 0. The maximum absolute atomic E-state index is 9.73. The third-order valence-corrected chi connectivity index (χ3v) is 0.653. The second-order valence-electron chi connectivity index (χ2n) is 1.08. The van der Waals surface area contributed by atoms with Crippen LogP contribution in [0.1, 0.15) is 6.92 Å². The molecule has 0 saturated heterocycles. The van der Waals surface area contributed by atoms with Crippen LogP contribution in [0.3, 0.4) is 0 Å². The highest BCUT2D eigenvalue weighted by Gasteiger charge is 1.83. The molecule has 0 radical (unpaired) electrons. The summed E-state index contributed by atoms with van der Waals surface area (Å²) in [5.41, 5.74) is 0. The normalized spacial score (nSPS) is 11.0. The van der Waals surface area contributed by atoms with Gasteiger partial charge in [-0.05, 0) is 6.92 Å². The van der Waals surface area contributed by atoms with Crippen molar-refractivity contribution in [3.8, 4) is 0 Å². The van der Waals surface area contributed by atoms with Gasteiger partial charge in [-0.3, -0.25) is 4.79 Å². The van der Waals surface area contributed by atoms with Crippen molar-refractivity contribution < 1.29 is 9.53 Å². The maximum atomic E-state index is 9.73. The number of carbonyl (C=O) groups is 1. The molecule has 8 heavy (non-hydrogen) atoms. The number of rotatable bonds is 3. The topological polar surface area (TPSA) is 26.3 Å². The van der Waals surface area contributed by atoms with Crippen molar-refractivity contribution in [1.82, 2.24) is 0 Å². The van der Waals surface area contributed by atoms with Gasteiger partial charge in [-0.15, -0.1) is 0 Å².